The Kier molecular flexibility index (Phi) is 7.17. The maximum absolute atomic E-state index is 12.2. The molecule has 0 spiro atoms. The van der Waals surface area contributed by atoms with E-state index in [-0.39, 0.29) is 5.91 Å². The molecule has 0 saturated heterocycles. The van der Waals surface area contributed by atoms with Gasteiger partial charge in [-0.2, -0.15) is 0 Å². The first-order chi connectivity index (χ1) is 13.5. The Bertz CT molecular complexity index is 921. The molecule has 28 heavy (non-hydrogen) atoms. The van der Waals surface area contributed by atoms with Crippen molar-refractivity contribution in [1.29, 1.82) is 0 Å². The van der Waals surface area contributed by atoms with Crippen LogP contribution in [0, 0.1) is 13.8 Å². The Morgan fingerprint density at radius 3 is 2.50 bits per heavy atom. The third kappa shape index (κ3) is 5.62. The van der Waals surface area contributed by atoms with Gasteiger partial charge in [0.2, 0.25) is 5.91 Å². The molecule has 0 radical (unpaired) electrons. The Labute approximate surface area is 174 Å². The molecule has 0 aliphatic heterocycles. The summed E-state index contributed by atoms with van der Waals surface area (Å²) in [6.45, 7) is 6.14. The summed E-state index contributed by atoms with van der Waals surface area (Å²) in [5.41, 5.74) is 3.91. The predicted molar refractivity (Wildman–Crippen MR) is 117 cm³/mol. The zero-order valence-electron chi connectivity index (χ0n) is 16.4. The van der Waals surface area contributed by atoms with Crippen molar-refractivity contribution in [3.63, 3.8) is 0 Å². The van der Waals surface area contributed by atoms with E-state index in [0.717, 1.165) is 38.4 Å². The molecule has 0 aliphatic rings. The molecule has 3 aromatic rings. The average Bonchev–Trinajstić information content (AvgIpc) is 3.04. The van der Waals surface area contributed by atoms with E-state index < -0.39 is 0 Å². The second kappa shape index (κ2) is 9.80. The highest BCUT2D eigenvalue weighted by Gasteiger charge is 2.10. The van der Waals surface area contributed by atoms with Crippen LogP contribution >= 0.6 is 23.1 Å². The summed E-state index contributed by atoms with van der Waals surface area (Å²) < 4.78 is 0. The van der Waals surface area contributed by atoms with Gasteiger partial charge in [-0.15, -0.1) is 21.5 Å². The van der Waals surface area contributed by atoms with Gasteiger partial charge >= 0.3 is 0 Å². The molecule has 5 nitrogen and oxygen atoms in total. The van der Waals surface area contributed by atoms with Gasteiger partial charge in [0.1, 0.15) is 10.7 Å². The molecule has 0 fully saturated rings. The smallest absolute Gasteiger partial charge is 0.234 e. The maximum Gasteiger partial charge on any atom is 0.234 e. The summed E-state index contributed by atoms with van der Waals surface area (Å²) in [6.07, 6.45) is 3.45. The summed E-state index contributed by atoms with van der Waals surface area (Å²) in [4.78, 5) is 17.7. The van der Waals surface area contributed by atoms with Crippen LogP contribution in [-0.2, 0) is 11.2 Å². The van der Waals surface area contributed by atoms with Crippen molar-refractivity contribution < 1.29 is 4.79 Å². The van der Waals surface area contributed by atoms with E-state index in [1.54, 1.807) is 11.3 Å². The second-order valence-corrected chi connectivity index (χ2v) is 8.74. The number of hydrogen-bond acceptors (Lipinski definition) is 6. The summed E-state index contributed by atoms with van der Waals surface area (Å²) in [5, 5.41) is 13.2. The van der Waals surface area contributed by atoms with Crippen molar-refractivity contribution in [1.82, 2.24) is 15.2 Å². The number of unbranched alkanes of at least 4 members (excludes halogenated alkanes) is 1. The summed E-state index contributed by atoms with van der Waals surface area (Å²) in [7, 11) is 0. The van der Waals surface area contributed by atoms with Crippen LogP contribution in [0.15, 0.2) is 41.4 Å². The zero-order valence-corrected chi connectivity index (χ0v) is 18.0. The monoisotopic (exact) mass is 412 g/mol. The highest BCUT2D eigenvalue weighted by molar-refractivity contribution is 7.99. The number of anilines is 1. The minimum absolute atomic E-state index is 0.0499. The fraction of sp³-hybridized carbons (Fsp3) is 0.333. The van der Waals surface area contributed by atoms with E-state index in [1.165, 1.54) is 30.2 Å². The van der Waals surface area contributed by atoms with Gasteiger partial charge in [-0.05, 0) is 56.5 Å². The summed E-state index contributed by atoms with van der Waals surface area (Å²) in [6, 6.07) is 11.9. The molecule has 0 aliphatic carbocycles. The number of benzene rings is 1. The number of carbonyl (C=O) groups is 1. The van der Waals surface area contributed by atoms with Gasteiger partial charge in [-0.1, -0.05) is 37.2 Å². The largest absolute Gasteiger partial charge is 0.325 e. The van der Waals surface area contributed by atoms with E-state index in [1.807, 2.05) is 38.1 Å². The number of aryl methyl sites for hydroxylation is 3. The van der Waals surface area contributed by atoms with E-state index in [0.29, 0.717) is 5.75 Å². The summed E-state index contributed by atoms with van der Waals surface area (Å²) in [5.74, 6) is 0.246. The van der Waals surface area contributed by atoms with Crippen molar-refractivity contribution in [2.24, 2.45) is 0 Å². The lowest BCUT2D eigenvalue weighted by Gasteiger charge is -2.06. The van der Waals surface area contributed by atoms with Crippen LogP contribution in [-0.4, -0.2) is 26.8 Å². The van der Waals surface area contributed by atoms with Gasteiger partial charge < -0.3 is 5.32 Å². The molecule has 1 aromatic carbocycles. The van der Waals surface area contributed by atoms with Crippen molar-refractivity contribution in [3.8, 4) is 10.6 Å². The third-order valence-corrected chi connectivity index (χ3v) is 6.20. The van der Waals surface area contributed by atoms with Gasteiger partial charge in [0.25, 0.3) is 0 Å². The second-order valence-electron chi connectivity index (χ2n) is 6.54. The van der Waals surface area contributed by atoms with E-state index >= 15 is 0 Å². The lowest BCUT2D eigenvalue weighted by atomic mass is 10.1. The topological polar surface area (TPSA) is 67.8 Å². The van der Waals surface area contributed by atoms with Crippen LogP contribution in [0.3, 0.4) is 0 Å². The molecular weight excluding hydrogens is 388 g/mol. The van der Waals surface area contributed by atoms with Crippen molar-refractivity contribution in [2.75, 3.05) is 11.1 Å². The lowest BCUT2D eigenvalue weighted by Crippen LogP contribution is -2.14. The van der Waals surface area contributed by atoms with Crippen LogP contribution in [0.2, 0.25) is 0 Å². The van der Waals surface area contributed by atoms with Gasteiger partial charge in [0.05, 0.1) is 21.3 Å². The number of nitrogens with zero attached hydrogens (tertiary/aromatic N) is 3. The summed E-state index contributed by atoms with van der Waals surface area (Å²) >= 11 is 2.99. The van der Waals surface area contributed by atoms with Crippen LogP contribution in [0.4, 0.5) is 5.69 Å². The molecule has 1 N–H and O–H groups in total. The Morgan fingerprint density at radius 1 is 1.11 bits per heavy atom. The molecule has 3 rings (SSSR count). The van der Waals surface area contributed by atoms with Gasteiger partial charge in [-0.25, -0.2) is 4.98 Å². The molecule has 0 atom stereocenters. The number of nitrogens with one attached hydrogen (secondary N) is 1. The number of rotatable bonds is 8. The van der Waals surface area contributed by atoms with Crippen molar-refractivity contribution in [2.45, 2.75) is 45.1 Å². The van der Waals surface area contributed by atoms with Crippen LogP contribution in [0.1, 0.15) is 36.0 Å². The molecule has 1 amide bonds. The number of carbonyl (C=O) groups excluding carboxylic acids is 1. The van der Waals surface area contributed by atoms with Crippen molar-refractivity contribution >= 4 is 34.7 Å². The number of hydrogen-bond donors (Lipinski definition) is 1. The number of amides is 1. The third-order valence-electron chi connectivity index (χ3n) is 4.18. The highest BCUT2D eigenvalue weighted by atomic mass is 32.2. The molecule has 0 bridgehead atoms. The van der Waals surface area contributed by atoms with E-state index in [9.17, 15) is 4.79 Å². The van der Waals surface area contributed by atoms with Gasteiger partial charge in [-0.3, -0.25) is 4.79 Å². The Balaban J connectivity index is 1.51. The van der Waals surface area contributed by atoms with E-state index in [4.69, 9.17) is 0 Å². The molecule has 0 unspecified atom stereocenters. The fourth-order valence-corrected chi connectivity index (χ4v) is 4.26. The standard InChI is InChI=1S/C21H24N4OS2/c1-4-5-6-16-7-9-17(10-8-16)23-19(26)13-27-20-12-11-18(24-25-20)21-14(2)22-15(3)28-21/h7-12H,4-6,13H2,1-3H3,(H,23,26). The molecule has 2 aromatic heterocycles. The van der Waals surface area contributed by atoms with Gasteiger partial charge in [0.15, 0.2) is 0 Å². The fourth-order valence-electron chi connectivity index (χ4n) is 2.76. The number of thioether (sulfide) groups is 1. The maximum atomic E-state index is 12.2. The molecule has 2 heterocycles. The Morgan fingerprint density at radius 2 is 1.89 bits per heavy atom. The minimum Gasteiger partial charge on any atom is -0.325 e. The molecule has 146 valence electrons. The predicted octanol–water partition coefficient (Wildman–Crippen LogP) is 5.29. The molecule has 0 saturated carbocycles. The first-order valence-electron chi connectivity index (χ1n) is 9.35. The van der Waals surface area contributed by atoms with Gasteiger partial charge in [0, 0.05) is 5.69 Å². The van der Waals surface area contributed by atoms with Crippen LogP contribution in [0.25, 0.3) is 10.6 Å². The first-order valence-corrected chi connectivity index (χ1v) is 11.1. The van der Waals surface area contributed by atoms with Crippen molar-refractivity contribution in [3.05, 3.63) is 52.7 Å². The molecular formula is C21H24N4OS2. The minimum atomic E-state index is -0.0499. The van der Waals surface area contributed by atoms with Crippen LogP contribution in [0.5, 0.6) is 0 Å². The first kappa shape index (κ1) is 20.5. The SMILES string of the molecule is CCCCc1ccc(NC(=O)CSc2ccc(-c3sc(C)nc3C)nn2)cc1. The quantitative estimate of drug-likeness (QED) is 0.509. The number of aromatic nitrogens is 3. The zero-order chi connectivity index (χ0) is 19.9. The Hall–Kier alpha value is -2.25. The lowest BCUT2D eigenvalue weighted by molar-refractivity contribution is -0.113. The van der Waals surface area contributed by atoms with Crippen LogP contribution < -0.4 is 5.32 Å². The highest BCUT2D eigenvalue weighted by Crippen LogP contribution is 2.28. The number of thiazole rings is 1. The average molecular weight is 413 g/mol. The molecule has 7 heteroatoms. The van der Waals surface area contributed by atoms with E-state index in [2.05, 4.69) is 39.6 Å². The normalized spacial score (nSPS) is 10.8.